The Kier molecular flexibility index (Phi) is 5.79. The number of amides is 1. The van der Waals surface area contributed by atoms with E-state index in [2.05, 4.69) is 10.5 Å². The summed E-state index contributed by atoms with van der Waals surface area (Å²) < 4.78 is 10.8. The van der Waals surface area contributed by atoms with Crippen LogP contribution in [0, 0.1) is 0 Å². The third-order valence-electron chi connectivity index (χ3n) is 3.57. The molecule has 128 valence electrons. The zero-order valence-corrected chi connectivity index (χ0v) is 14.3. The summed E-state index contributed by atoms with van der Waals surface area (Å²) in [5, 5.41) is 2.49. The van der Waals surface area contributed by atoms with Crippen LogP contribution in [0.4, 0.5) is 0 Å². The van der Waals surface area contributed by atoms with Crippen molar-refractivity contribution in [1.29, 1.82) is 0 Å². The first kappa shape index (κ1) is 16.9. The number of carbonyl (C=O) groups is 1. The standard InChI is InChI=1S/C17H20N2O4S/c1-2-21-13-8-6-12(7-9-13)17-18-14(11-24-17)16(20)19-23-15-5-3-4-10-22-15/h6-9,11,15H,2-5,10H2,1H3,(H,19,20). The number of rotatable bonds is 6. The summed E-state index contributed by atoms with van der Waals surface area (Å²) >= 11 is 1.41. The quantitative estimate of drug-likeness (QED) is 0.810. The molecule has 6 nitrogen and oxygen atoms in total. The number of aromatic nitrogens is 1. The summed E-state index contributed by atoms with van der Waals surface area (Å²) in [6, 6.07) is 7.64. The van der Waals surface area contributed by atoms with E-state index in [0.717, 1.165) is 35.6 Å². The largest absolute Gasteiger partial charge is 0.494 e. The van der Waals surface area contributed by atoms with Gasteiger partial charge >= 0.3 is 0 Å². The molecule has 1 N–H and O–H groups in total. The fourth-order valence-corrected chi connectivity index (χ4v) is 3.15. The van der Waals surface area contributed by atoms with Gasteiger partial charge < -0.3 is 9.47 Å². The van der Waals surface area contributed by atoms with Crippen molar-refractivity contribution in [3.8, 4) is 16.3 Å². The SMILES string of the molecule is CCOc1ccc(-c2nc(C(=O)NOC3CCCCO3)cs2)cc1. The van der Waals surface area contributed by atoms with Crippen molar-refractivity contribution in [2.75, 3.05) is 13.2 Å². The lowest BCUT2D eigenvalue weighted by Gasteiger charge is -2.21. The molecule has 2 aromatic rings. The smallest absolute Gasteiger partial charge is 0.294 e. The Morgan fingerprint density at radius 2 is 2.21 bits per heavy atom. The van der Waals surface area contributed by atoms with Crippen LogP contribution in [0.2, 0.25) is 0 Å². The van der Waals surface area contributed by atoms with Gasteiger partial charge in [-0.3, -0.25) is 4.79 Å². The molecular weight excluding hydrogens is 328 g/mol. The topological polar surface area (TPSA) is 69.7 Å². The summed E-state index contributed by atoms with van der Waals surface area (Å²) in [6.45, 7) is 3.24. The highest BCUT2D eigenvalue weighted by molar-refractivity contribution is 7.13. The Bertz CT molecular complexity index is 665. The monoisotopic (exact) mass is 348 g/mol. The summed E-state index contributed by atoms with van der Waals surface area (Å²) in [4.78, 5) is 21.8. The highest BCUT2D eigenvalue weighted by atomic mass is 32.1. The lowest BCUT2D eigenvalue weighted by Crippen LogP contribution is -2.33. The normalized spacial score (nSPS) is 17.5. The predicted molar refractivity (Wildman–Crippen MR) is 90.9 cm³/mol. The summed E-state index contributed by atoms with van der Waals surface area (Å²) in [5.74, 6) is 0.453. The molecule has 0 spiro atoms. The zero-order valence-electron chi connectivity index (χ0n) is 13.5. The summed E-state index contributed by atoms with van der Waals surface area (Å²) in [7, 11) is 0. The fourth-order valence-electron chi connectivity index (χ4n) is 2.35. The molecule has 1 aliphatic heterocycles. The van der Waals surface area contributed by atoms with E-state index in [9.17, 15) is 4.79 Å². The number of hydrogen-bond donors (Lipinski definition) is 1. The molecule has 0 bridgehead atoms. The average Bonchev–Trinajstić information content (AvgIpc) is 3.12. The van der Waals surface area contributed by atoms with E-state index in [0.29, 0.717) is 18.9 Å². The van der Waals surface area contributed by atoms with Crippen molar-refractivity contribution in [2.45, 2.75) is 32.5 Å². The Balaban J connectivity index is 1.58. The lowest BCUT2D eigenvalue weighted by molar-refractivity contribution is -0.186. The third kappa shape index (κ3) is 4.31. The Morgan fingerprint density at radius 3 is 2.92 bits per heavy atom. The van der Waals surface area contributed by atoms with Gasteiger partial charge in [0.25, 0.3) is 5.91 Å². The van der Waals surface area contributed by atoms with Gasteiger partial charge in [0.2, 0.25) is 0 Å². The second kappa shape index (κ2) is 8.23. The molecule has 1 aromatic carbocycles. The Labute approximate surface area is 144 Å². The van der Waals surface area contributed by atoms with Crippen LogP contribution in [-0.4, -0.2) is 30.4 Å². The van der Waals surface area contributed by atoms with Crippen LogP contribution < -0.4 is 10.2 Å². The highest BCUT2D eigenvalue weighted by Crippen LogP contribution is 2.25. The van der Waals surface area contributed by atoms with Gasteiger partial charge in [0.15, 0.2) is 6.29 Å². The maximum atomic E-state index is 12.1. The highest BCUT2D eigenvalue weighted by Gasteiger charge is 2.18. The van der Waals surface area contributed by atoms with Crippen molar-refractivity contribution in [3.63, 3.8) is 0 Å². The molecule has 0 radical (unpaired) electrons. The van der Waals surface area contributed by atoms with Crippen LogP contribution in [0.1, 0.15) is 36.7 Å². The van der Waals surface area contributed by atoms with E-state index in [1.54, 1.807) is 5.38 Å². The second-order valence-electron chi connectivity index (χ2n) is 5.34. The van der Waals surface area contributed by atoms with E-state index in [1.165, 1.54) is 11.3 Å². The molecular formula is C17H20N2O4S. The maximum absolute atomic E-state index is 12.1. The van der Waals surface area contributed by atoms with E-state index < -0.39 is 0 Å². The number of ether oxygens (including phenoxy) is 2. The van der Waals surface area contributed by atoms with Gasteiger partial charge in [-0.15, -0.1) is 11.3 Å². The van der Waals surface area contributed by atoms with E-state index in [-0.39, 0.29) is 12.2 Å². The van der Waals surface area contributed by atoms with Gasteiger partial charge in [0.05, 0.1) is 6.61 Å². The third-order valence-corrected chi connectivity index (χ3v) is 4.46. The first-order chi connectivity index (χ1) is 11.8. The number of hydroxylamine groups is 1. The van der Waals surface area contributed by atoms with E-state index >= 15 is 0 Å². The molecule has 1 aromatic heterocycles. The van der Waals surface area contributed by atoms with Gasteiger partial charge in [0.1, 0.15) is 16.5 Å². The molecule has 3 rings (SSSR count). The molecule has 0 aliphatic carbocycles. The first-order valence-corrected chi connectivity index (χ1v) is 8.90. The molecule has 1 amide bonds. The molecule has 1 saturated heterocycles. The molecule has 7 heteroatoms. The predicted octanol–water partition coefficient (Wildman–Crippen LogP) is 3.40. The minimum Gasteiger partial charge on any atom is -0.494 e. The average molecular weight is 348 g/mol. The minimum absolute atomic E-state index is 0.333. The van der Waals surface area contributed by atoms with Crippen molar-refractivity contribution in [3.05, 3.63) is 35.3 Å². The number of nitrogens with zero attached hydrogens (tertiary/aromatic N) is 1. The van der Waals surface area contributed by atoms with Crippen LogP contribution in [0.25, 0.3) is 10.6 Å². The van der Waals surface area contributed by atoms with Gasteiger partial charge in [-0.05, 0) is 44.0 Å². The van der Waals surface area contributed by atoms with Gasteiger partial charge in [0, 0.05) is 24.0 Å². The number of carbonyl (C=O) groups excluding carboxylic acids is 1. The zero-order chi connectivity index (χ0) is 16.8. The number of hydrogen-bond acceptors (Lipinski definition) is 6. The number of benzene rings is 1. The molecule has 1 unspecified atom stereocenters. The molecule has 0 saturated carbocycles. The molecule has 1 aliphatic rings. The number of thiazole rings is 1. The van der Waals surface area contributed by atoms with Crippen LogP contribution >= 0.6 is 11.3 Å². The number of nitrogens with one attached hydrogen (secondary N) is 1. The van der Waals surface area contributed by atoms with E-state index in [1.807, 2.05) is 31.2 Å². The molecule has 1 fully saturated rings. The lowest BCUT2D eigenvalue weighted by atomic mass is 10.2. The van der Waals surface area contributed by atoms with Crippen LogP contribution in [0.3, 0.4) is 0 Å². The molecule has 24 heavy (non-hydrogen) atoms. The molecule has 2 heterocycles. The summed E-state index contributed by atoms with van der Waals surface area (Å²) in [6.07, 6.45) is 2.49. The van der Waals surface area contributed by atoms with Crippen molar-refractivity contribution >= 4 is 17.2 Å². The van der Waals surface area contributed by atoms with Crippen LogP contribution in [0.15, 0.2) is 29.6 Å². The van der Waals surface area contributed by atoms with Crippen molar-refractivity contribution in [2.24, 2.45) is 0 Å². The first-order valence-electron chi connectivity index (χ1n) is 8.02. The Morgan fingerprint density at radius 1 is 1.38 bits per heavy atom. The van der Waals surface area contributed by atoms with Gasteiger partial charge in [-0.25, -0.2) is 15.3 Å². The second-order valence-corrected chi connectivity index (χ2v) is 6.20. The van der Waals surface area contributed by atoms with Crippen LogP contribution in [-0.2, 0) is 9.57 Å². The van der Waals surface area contributed by atoms with Gasteiger partial charge in [-0.2, -0.15) is 0 Å². The fraction of sp³-hybridized carbons (Fsp3) is 0.412. The minimum atomic E-state index is -0.369. The van der Waals surface area contributed by atoms with Crippen molar-refractivity contribution < 1.29 is 19.1 Å². The summed E-state index contributed by atoms with van der Waals surface area (Å²) in [5.41, 5.74) is 3.70. The van der Waals surface area contributed by atoms with E-state index in [4.69, 9.17) is 14.3 Å². The van der Waals surface area contributed by atoms with Crippen molar-refractivity contribution in [1.82, 2.24) is 10.5 Å². The maximum Gasteiger partial charge on any atom is 0.294 e. The molecule has 1 atom stereocenters. The Hall–Kier alpha value is -1.96. The van der Waals surface area contributed by atoms with Gasteiger partial charge in [-0.1, -0.05) is 0 Å². The van der Waals surface area contributed by atoms with Crippen LogP contribution in [0.5, 0.6) is 5.75 Å².